The van der Waals surface area contributed by atoms with Crippen LogP contribution in [0.4, 0.5) is 0 Å². The van der Waals surface area contributed by atoms with E-state index in [9.17, 15) is 0 Å². The Morgan fingerprint density at radius 3 is 2.58 bits per heavy atom. The van der Waals surface area contributed by atoms with Crippen LogP contribution in [0.25, 0.3) is 33.1 Å². The summed E-state index contributed by atoms with van der Waals surface area (Å²) >= 11 is 0. The second-order valence-electron chi connectivity index (χ2n) is 4.70. The number of hydrogen-bond acceptors (Lipinski definition) is 2. The number of hydrogen-bond donors (Lipinski definition) is 0. The molecule has 2 aromatic heterocycles. The second kappa shape index (κ2) is 3.72. The van der Waals surface area contributed by atoms with E-state index in [2.05, 4.69) is 28.1 Å². The van der Waals surface area contributed by atoms with Crippen LogP contribution in [-0.4, -0.2) is 9.72 Å². The number of para-hydroxylation sites is 2. The Morgan fingerprint density at radius 1 is 0.947 bits per heavy atom. The van der Waals surface area contributed by atoms with Crippen molar-refractivity contribution in [3.63, 3.8) is 0 Å². The second-order valence-corrected chi connectivity index (χ2v) is 4.70. The Kier molecular flexibility index (Phi) is 2.03. The number of fused-ring (bicyclic) bond motifs is 2. The van der Waals surface area contributed by atoms with E-state index in [4.69, 9.17) is 4.52 Å². The van der Waals surface area contributed by atoms with Crippen molar-refractivity contribution in [3.8, 4) is 11.3 Å². The highest BCUT2D eigenvalue weighted by atomic mass is 16.5. The summed E-state index contributed by atoms with van der Waals surface area (Å²) in [7, 11) is 2.05. The fraction of sp³-hybridized carbons (Fsp3) is 0.0625. The third kappa shape index (κ3) is 1.41. The highest BCUT2D eigenvalue weighted by molar-refractivity contribution is 6.02. The Labute approximate surface area is 110 Å². The average molecular weight is 248 g/mol. The minimum absolute atomic E-state index is 0.824. The van der Waals surface area contributed by atoms with Gasteiger partial charge in [-0.1, -0.05) is 35.5 Å². The number of aryl methyl sites for hydroxylation is 1. The summed E-state index contributed by atoms with van der Waals surface area (Å²) in [5.74, 6) is 0. The largest absolute Gasteiger partial charge is 0.356 e. The van der Waals surface area contributed by atoms with Crippen molar-refractivity contribution in [2.45, 2.75) is 0 Å². The molecule has 0 saturated carbocycles. The van der Waals surface area contributed by atoms with Gasteiger partial charge in [-0.15, -0.1) is 0 Å². The molecular weight excluding hydrogens is 236 g/mol. The van der Waals surface area contributed by atoms with Crippen LogP contribution in [0.5, 0.6) is 0 Å². The molecule has 0 saturated heterocycles. The van der Waals surface area contributed by atoms with E-state index in [-0.39, 0.29) is 0 Å². The van der Waals surface area contributed by atoms with Crippen LogP contribution in [0.2, 0.25) is 0 Å². The predicted molar refractivity (Wildman–Crippen MR) is 75.9 cm³/mol. The third-order valence-corrected chi connectivity index (χ3v) is 3.53. The molecule has 0 amide bonds. The lowest BCUT2D eigenvalue weighted by molar-refractivity contribution is 0.459. The summed E-state index contributed by atoms with van der Waals surface area (Å²) < 4.78 is 7.52. The summed E-state index contributed by atoms with van der Waals surface area (Å²) in [6.45, 7) is 0. The van der Waals surface area contributed by atoms with Gasteiger partial charge in [-0.05, 0) is 18.2 Å². The van der Waals surface area contributed by atoms with Crippen molar-refractivity contribution in [3.05, 3.63) is 54.7 Å². The lowest BCUT2D eigenvalue weighted by Gasteiger charge is -1.94. The minimum Gasteiger partial charge on any atom is -0.356 e. The lowest BCUT2D eigenvalue weighted by Crippen LogP contribution is -1.81. The van der Waals surface area contributed by atoms with Gasteiger partial charge < -0.3 is 9.09 Å². The lowest BCUT2D eigenvalue weighted by atomic mass is 10.1. The molecule has 19 heavy (non-hydrogen) atoms. The number of benzene rings is 2. The van der Waals surface area contributed by atoms with E-state index in [0.717, 1.165) is 22.2 Å². The first kappa shape index (κ1) is 10.4. The molecule has 4 aromatic rings. The zero-order valence-electron chi connectivity index (χ0n) is 10.5. The molecule has 2 heterocycles. The normalized spacial score (nSPS) is 11.4. The minimum atomic E-state index is 0.824. The Bertz CT molecular complexity index is 886. The maximum absolute atomic E-state index is 5.40. The van der Waals surface area contributed by atoms with Crippen LogP contribution in [0.3, 0.4) is 0 Å². The van der Waals surface area contributed by atoms with Gasteiger partial charge in [-0.25, -0.2) is 0 Å². The van der Waals surface area contributed by atoms with Gasteiger partial charge in [-0.3, -0.25) is 0 Å². The predicted octanol–water partition coefficient (Wildman–Crippen LogP) is 3.99. The summed E-state index contributed by atoms with van der Waals surface area (Å²) in [4.78, 5) is 0. The molecule has 0 unspecified atom stereocenters. The highest BCUT2D eigenvalue weighted by Crippen LogP contribution is 2.33. The maximum atomic E-state index is 5.40. The first-order chi connectivity index (χ1) is 9.34. The molecule has 0 radical (unpaired) electrons. The standard InChI is InChI=1S/C16H12N2O/c1-18-10-13(11-6-2-4-8-14(11)18)16-12-7-3-5-9-15(12)19-17-16/h2-10H,1H3. The molecule has 0 aliphatic carbocycles. The molecule has 2 aromatic carbocycles. The highest BCUT2D eigenvalue weighted by Gasteiger charge is 2.14. The van der Waals surface area contributed by atoms with Gasteiger partial charge >= 0.3 is 0 Å². The Hall–Kier alpha value is -2.55. The monoisotopic (exact) mass is 248 g/mol. The maximum Gasteiger partial charge on any atom is 0.167 e. The van der Waals surface area contributed by atoms with Crippen molar-refractivity contribution in [1.29, 1.82) is 0 Å². The molecule has 4 rings (SSSR count). The van der Waals surface area contributed by atoms with Crippen LogP contribution in [0.1, 0.15) is 0 Å². The number of aromatic nitrogens is 2. The van der Waals surface area contributed by atoms with Crippen molar-refractivity contribution < 1.29 is 4.52 Å². The number of nitrogens with zero attached hydrogens (tertiary/aromatic N) is 2. The quantitative estimate of drug-likeness (QED) is 0.510. The van der Waals surface area contributed by atoms with E-state index in [1.165, 1.54) is 10.9 Å². The third-order valence-electron chi connectivity index (χ3n) is 3.53. The van der Waals surface area contributed by atoms with Crippen LogP contribution in [0, 0.1) is 0 Å². The molecule has 0 fully saturated rings. The van der Waals surface area contributed by atoms with Crippen LogP contribution >= 0.6 is 0 Å². The summed E-state index contributed by atoms with van der Waals surface area (Å²) in [5, 5.41) is 6.49. The molecule has 0 bridgehead atoms. The van der Waals surface area contributed by atoms with E-state index in [1.807, 2.05) is 43.4 Å². The molecular formula is C16H12N2O. The van der Waals surface area contributed by atoms with E-state index < -0.39 is 0 Å². The summed E-state index contributed by atoms with van der Waals surface area (Å²) in [6.07, 6.45) is 2.11. The van der Waals surface area contributed by atoms with Crippen molar-refractivity contribution in [1.82, 2.24) is 9.72 Å². The van der Waals surface area contributed by atoms with E-state index in [1.54, 1.807) is 0 Å². The fourth-order valence-corrected chi connectivity index (χ4v) is 2.61. The van der Waals surface area contributed by atoms with Gasteiger partial charge in [0.05, 0.1) is 0 Å². The van der Waals surface area contributed by atoms with Crippen LogP contribution in [-0.2, 0) is 7.05 Å². The first-order valence-electron chi connectivity index (χ1n) is 6.23. The van der Waals surface area contributed by atoms with Gasteiger partial charge in [0.1, 0.15) is 5.69 Å². The summed E-state index contributed by atoms with van der Waals surface area (Å²) in [5.41, 5.74) is 4.05. The molecule has 0 atom stereocenters. The zero-order valence-corrected chi connectivity index (χ0v) is 10.5. The zero-order chi connectivity index (χ0) is 12.8. The molecule has 3 heteroatoms. The molecule has 0 spiro atoms. The van der Waals surface area contributed by atoms with E-state index in [0.29, 0.717) is 0 Å². The molecule has 92 valence electrons. The summed E-state index contributed by atoms with van der Waals surface area (Å²) in [6, 6.07) is 16.3. The topological polar surface area (TPSA) is 31.0 Å². The Morgan fingerprint density at radius 2 is 1.68 bits per heavy atom. The van der Waals surface area contributed by atoms with Gasteiger partial charge in [0.2, 0.25) is 0 Å². The van der Waals surface area contributed by atoms with Crippen LogP contribution in [0.15, 0.2) is 59.3 Å². The van der Waals surface area contributed by atoms with Gasteiger partial charge in [0.25, 0.3) is 0 Å². The van der Waals surface area contributed by atoms with Crippen LogP contribution < -0.4 is 0 Å². The molecule has 0 aliphatic heterocycles. The Balaban J connectivity index is 2.10. The van der Waals surface area contributed by atoms with Crippen molar-refractivity contribution in [2.24, 2.45) is 7.05 Å². The fourth-order valence-electron chi connectivity index (χ4n) is 2.61. The van der Waals surface area contributed by atoms with Gasteiger partial charge in [0, 0.05) is 35.1 Å². The molecule has 0 N–H and O–H groups in total. The SMILES string of the molecule is Cn1cc(-c2noc3ccccc23)c2ccccc21. The van der Waals surface area contributed by atoms with Gasteiger partial charge in [-0.2, -0.15) is 0 Å². The smallest absolute Gasteiger partial charge is 0.167 e. The molecule has 3 nitrogen and oxygen atoms in total. The van der Waals surface area contributed by atoms with E-state index >= 15 is 0 Å². The van der Waals surface area contributed by atoms with Gasteiger partial charge in [0.15, 0.2) is 5.58 Å². The first-order valence-corrected chi connectivity index (χ1v) is 6.23. The van der Waals surface area contributed by atoms with Crippen molar-refractivity contribution in [2.75, 3.05) is 0 Å². The number of rotatable bonds is 1. The molecule has 0 aliphatic rings. The van der Waals surface area contributed by atoms with Crippen molar-refractivity contribution >= 4 is 21.9 Å². The average Bonchev–Trinajstić information content (AvgIpc) is 3.01.